The minimum Gasteiger partial charge on any atom is -0.385 e. The van der Waals surface area contributed by atoms with E-state index >= 15 is 8.78 Å². The molecule has 8 heterocycles. The van der Waals surface area contributed by atoms with Crippen LogP contribution in [0.2, 0.25) is 0 Å². The summed E-state index contributed by atoms with van der Waals surface area (Å²) in [5.41, 5.74) is 6.56. The Morgan fingerprint density at radius 1 is 0.938 bits per heavy atom. The molecule has 15 nitrogen and oxygen atoms in total. The molecule has 1 spiro atoms. The summed E-state index contributed by atoms with van der Waals surface area (Å²) >= 11 is 0. The Balaban J connectivity index is 0.765. The van der Waals surface area contributed by atoms with Gasteiger partial charge in [-0.05, 0) is 54.7 Å². The third kappa shape index (κ3) is 6.56. The van der Waals surface area contributed by atoms with Crippen LogP contribution in [-0.4, -0.2) is 112 Å². The number of halogens is 3. The molecule has 4 aromatic heterocycles. The maximum atomic E-state index is 16.3. The van der Waals surface area contributed by atoms with E-state index in [1.807, 2.05) is 61.7 Å². The minimum atomic E-state index is -2.97. The largest absolute Gasteiger partial charge is 0.385 e. The van der Waals surface area contributed by atoms with Crippen molar-refractivity contribution >= 4 is 63.0 Å². The molecule has 6 aromatic rings. The van der Waals surface area contributed by atoms with Crippen LogP contribution < -0.4 is 30.7 Å². The molecule has 0 bridgehead atoms. The third-order valence-electron chi connectivity index (χ3n) is 13.6. The zero-order chi connectivity index (χ0) is 44.1. The van der Waals surface area contributed by atoms with Gasteiger partial charge in [0.05, 0.1) is 41.3 Å². The van der Waals surface area contributed by atoms with Crippen LogP contribution in [0.15, 0.2) is 73.2 Å². The molecule has 64 heavy (non-hydrogen) atoms. The van der Waals surface area contributed by atoms with E-state index in [2.05, 4.69) is 35.7 Å². The molecule has 11 rings (SSSR count). The summed E-state index contributed by atoms with van der Waals surface area (Å²) in [5.74, 6) is -2.64. The number of piperidine rings is 1. The van der Waals surface area contributed by atoms with E-state index in [1.165, 1.54) is 10.7 Å². The number of nitrogens with one attached hydrogen (secondary N) is 3. The van der Waals surface area contributed by atoms with E-state index in [0.29, 0.717) is 66.5 Å². The van der Waals surface area contributed by atoms with Gasteiger partial charge in [0.25, 0.3) is 11.8 Å². The predicted octanol–water partition coefficient (Wildman–Crippen LogP) is 6.02. The summed E-state index contributed by atoms with van der Waals surface area (Å²) in [6.45, 7) is 3.76. The second-order valence-electron chi connectivity index (χ2n) is 17.7. The van der Waals surface area contributed by atoms with Gasteiger partial charge in [0, 0.05) is 99.6 Å². The monoisotopic (exact) mass is 870 g/mol. The molecule has 1 saturated carbocycles. The first-order chi connectivity index (χ1) is 30.9. The van der Waals surface area contributed by atoms with Crippen LogP contribution in [0, 0.1) is 12.3 Å². The number of rotatable bonds is 9. The Kier molecular flexibility index (Phi) is 9.30. The number of carbonyl (C=O) groups is 3. The van der Waals surface area contributed by atoms with Crippen LogP contribution in [0.4, 0.5) is 46.7 Å². The second-order valence-corrected chi connectivity index (χ2v) is 17.7. The Morgan fingerprint density at radius 2 is 1.77 bits per heavy atom. The highest BCUT2D eigenvalue weighted by Crippen LogP contribution is 2.52. The normalized spacial score (nSPS) is 21.3. The molecular weight excluding hydrogens is 826 g/mol. The van der Waals surface area contributed by atoms with Crippen molar-refractivity contribution in [2.75, 3.05) is 66.3 Å². The number of anilines is 5. The van der Waals surface area contributed by atoms with Crippen LogP contribution >= 0.6 is 0 Å². The average molecular weight is 871 g/mol. The average Bonchev–Trinajstić information content (AvgIpc) is 3.58. The highest BCUT2D eigenvalue weighted by atomic mass is 19.3. The molecule has 0 radical (unpaired) electrons. The van der Waals surface area contributed by atoms with Gasteiger partial charge in [-0.3, -0.25) is 29.7 Å². The van der Waals surface area contributed by atoms with Crippen molar-refractivity contribution in [3.8, 4) is 11.3 Å². The van der Waals surface area contributed by atoms with Crippen molar-refractivity contribution in [3.05, 3.63) is 95.6 Å². The molecule has 18 heteroatoms. The van der Waals surface area contributed by atoms with Crippen LogP contribution in [0.5, 0.6) is 0 Å². The van der Waals surface area contributed by atoms with Crippen molar-refractivity contribution < 1.29 is 27.6 Å². The Labute approximate surface area is 365 Å². The maximum absolute atomic E-state index is 16.3. The molecule has 4 aliphatic heterocycles. The maximum Gasteiger partial charge on any atom is 0.328 e. The van der Waals surface area contributed by atoms with Gasteiger partial charge in [-0.25, -0.2) is 32.4 Å². The number of imide groups is 1. The fourth-order valence-corrected chi connectivity index (χ4v) is 10.1. The zero-order valence-corrected chi connectivity index (χ0v) is 35.2. The molecule has 2 atom stereocenters. The fourth-order valence-electron chi connectivity index (χ4n) is 10.1. The van der Waals surface area contributed by atoms with Crippen molar-refractivity contribution in [2.24, 2.45) is 5.41 Å². The molecule has 3 saturated heterocycles. The number of aryl methyl sites for hydroxylation is 1. The molecular formula is C46H45F3N12O3. The molecule has 2 aromatic carbocycles. The van der Waals surface area contributed by atoms with Crippen molar-refractivity contribution in [1.82, 2.24) is 40.1 Å². The number of imidazole rings is 1. The van der Waals surface area contributed by atoms with Crippen LogP contribution in [-0.2, 0) is 17.8 Å². The summed E-state index contributed by atoms with van der Waals surface area (Å²) < 4.78 is 47.7. The van der Waals surface area contributed by atoms with Crippen molar-refractivity contribution in [3.63, 3.8) is 0 Å². The number of urea groups is 1. The first kappa shape index (κ1) is 40.0. The smallest absolute Gasteiger partial charge is 0.328 e. The molecule has 4 amide bonds. The first-order valence-electron chi connectivity index (χ1n) is 21.6. The van der Waals surface area contributed by atoms with Gasteiger partial charge in [-0.1, -0.05) is 30.3 Å². The number of pyridine rings is 2. The summed E-state index contributed by atoms with van der Waals surface area (Å²) in [6.07, 6.45) is 5.37. The van der Waals surface area contributed by atoms with Crippen LogP contribution in [0.3, 0.4) is 0 Å². The number of carbonyl (C=O) groups excluding carboxylic acids is 3. The molecule has 1 aliphatic carbocycles. The van der Waals surface area contributed by atoms with E-state index in [-0.39, 0.29) is 37.7 Å². The zero-order valence-electron chi connectivity index (χ0n) is 35.2. The lowest BCUT2D eigenvalue weighted by atomic mass is 9.69. The highest BCUT2D eigenvalue weighted by molar-refractivity contribution is 6.12. The van der Waals surface area contributed by atoms with E-state index in [1.54, 1.807) is 29.1 Å². The Bertz CT molecular complexity index is 2900. The molecule has 328 valence electrons. The minimum absolute atomic E-state index is 0.176. The Hall–Kier alpha value is -6.82. The fraction of sp³-hybridized carbons (Fsp3) is 0.370. The molecule has 0 unspecified atom stereocenters. The summed E-state index contributed by atoms with van der Waals surface area (Å²) in [4.78, 5) is 58.9. The lowest BCUT2D eigenvalue weighted by Gasteiger charge is -2.57. The number of alkyl halides is 3. The number of benzene rings is 2. The van der Waals surface area contributed by atoms with Gasteiger partial charge in [-0.2, -0.15) is 0 Å². The van der Waals surface area contributed by atoms with Gasteiger partial charge in [0.1, 0.15) is 12.0 Å². The summed E-state index contributed by atoms with van der Waals surface area (Å²) in [5, 5.41) is 14.5. The number of amides is 4. The highest BCUT2D eigenvalue weighted by Gasteiger charge is 2.62. The van der Waals surface area contributed by atoms with Crippen LogP contribution in [0.1, 0.15) is 46.4 Å². The predicted molar refractivity (Wildman–Crippen MR) is 235 cm³/mol. The standard InChI is InChI=1S/C46H45F3N12O3/c1-26-6-8-31-30(40(26)60-16-12-39(62)55-44(60)64)10-14-51-41(31)58-17-13-45(46(48,49)25-58)23-57(24-45)22-27-7-9-33(52-20-27)28-4-3-5-36-29(28)11-15-59(36)38-19-35(50-2)42-53-21-37(61(42)56-38)43(63)54-34-18-32(34)47/h3-10,14,19-21,32,34,50H,11-13,15-18,22-25H2,1-2H3,(H,54,63)(H,55,62,64)/t32-,34+/m0/s1. The third-order valence-corrected chi connectivity index (χ3v) is 13.6. The van der Waals surface area contributed by atoms with E-state index < -0.39 is 42.0 Å². The molecule has 5 aliphatic rings. The number of hydrogen-bond acceptors (Lipinski definition) is 11. The van der Waals surface area contributed by atoms with E-state index in [4.69, 9.17) is 10.1 Å². The lowest BCUT2D eigenvalue weighted by Crippen LogP contribution is -2.69. The lowest BCUT2D eigenvalue weighted by molar-refractivity contribution is -0.200. The van der Waals surface area contributed by atoms with Gasteiger partial charge in [0.2, 0.25) is 5.91 Å². The summed E-state index contributed by atoms with van der Waals surface area (Å²) in [6, 6.07) is 16.5. The van der Waals surface area contributed by atoms with E-state index in [9.17, 15) is 18.8 Å². The summed E-state index contributed by atoms with van der Waals surface area (Å²) in [7, 11) is 1.78. The second kappa shape index (κ2) is 14.9. The number of nitrogens with zero attached hydrogens (tertiary/aromatic N) is 9. The number of aromatic nitrogens is 5. The molecule has 3 N–H and O–H groups in total. The molecule has 4 fully saturated rings. The van der Waals surface area contributed by atoms with E-state index in [0.717, 1.165) is 45.4 Å². The SMILES string of the molecule is CNc1cc(N2CCc3c(-c4ccc(CN5CC6(CCN(c7nccc8c(N9CCC(=O)NC9=O)c(C)ccc78)CC6(F)F)C5)cn4)cccc32)nn2c(C(=O)N[C@@H]3C[C@@H]3F)cnc12. The van der Waals surface area contributed by atoms with Gasteiger partial charge < -0.3 is 20.4 Å². The van der Waals surface area contributed by atoms with Crippen molar-refractivity contribution in [1.29, 1.82) is 0 Å². The quantitative estimate of drug-likeness (QED) is 0.156. The van der Waals surface area contributed by atoms with Gasteiger partial charge >= 0.3 is 6.03 Å². The number of likely N-dealkylation sites (tertiary alicyclic amines) is 1. The number of hydrogen-bond donors (Lipinski definition) is 3. The van der Waals surface area contributed by atoms with Gasteiger partial charge in [0.15, 0.2) is 17.2 Å². The van der Waals surface area contributed by atoms with Crippen molar-refractivity contribution in [2.45, 2.75) is 57.3 Å². The van der Waals surface area contributed by atoms with Crippen LogP contribution in [0.25, 0.3) is 27.7 Å². The topological polar surface area (TPSA) is 156 Å². The Morgan fingerprint density at radius 3 is 2.52 bits per heavy atom. The number of fused-ring (bicyclic) bond motifs is 3. The first-order valence-corrected chi connectivity index (χ1v) is 21.6. The van der Waals surface area contributed by atoms with Gasteiger partial charge in [-0.15, -0.1) is 5.10 Å².